The van der Waals surface area contributed by atoms with E-state index >= 15 is 0 Å². The van der Waals surface area contributed by atoms with Crippen molar-refractivity contribution >= 4 is 17.6 Å². The van der Waals surface area contributed by atoms with Crippen LogP contribution in [0.3, 0.4) is 0 Å². The number of carbonyl (C=O) groups excluding carboxylic acids is 2. The summed E-state index contributed by atoms with van der Waals surface area (Å²) in [6.45, 7) is 3.46. The molecule has 1 atom stereocenters. The van der Waals surface area contributed by atoms with Crippen LogP contribution in [0.25, 0.3) is 5.69 Å². The smallest absolute Gasteiger partial charge is 0.338 e. The number of hydrogen-bond donors (Lipinski definition) is 1. The van der Waals surface area contributed by atoms with Gasteiger partial charge in [-0.25, -0.2) is 9.48 Å². The molecule has 1 amide bonds. The van der Waals surface area contributed by atoms with Crippen LogP contribution in [0, 0.1) is 6.92 Å². The lowest BCUT2D eigenvalue weighted by Crippen LogP contribution is -2.30. The Bertz CT molecular complexity index is 979. The zero-order valence-corrected chi connectivity index (χ0v) is 15.9. The maximum atomic E-state index is 12.3. The van der Waals surface area contributed by atoms with Gasteiger partial charge in [-0.3, -0.25) is 4.79 Å². The molecular formula is C21H21N3O4. The van der Waals surface area contributed by atoms with Gasteiger partial charge in [-0.2, -0.15) is 5.10 Å². The van der Waals surface area contributed by atoms with Crippen molar-refractivity contribution in [1.29, 1.82) is 0 Å². The van der Waals surface area contributed by atoms with Crippen molar-refractivity contribution in [2.75, 3.05) is 12.4 Å². The normalized spacial score (nSPS) is 11.5. The summed E-state index contributed by atoms with van der Waals surface area (Å²) in [4.78, 5) is 24.6. The molecule has 0 bridgehead atoms. The second-order valence-corrected chi connectivity index (χ2v) is 6.20. The Balaban J connectivity index is 1.61. The molecule has 3 rings (SSSR count). The van der Waals surface area contributed by atoms with Crippen molar-refractivity contribution in [2.45, 2.75) is 20.0 Å². The molecule has 7 heteroatoms. The van der Waals surface area contributed by atoms with Crippen molar-refractivity contribution in [3.8, 4) is 11.4 Å². The fourth-order valence-electron chi connectivity index (χ4n) is 2.61. The van der Waals surface area contributed by atoms with Gasteiger partial charge in [0.2, 0.25) is 0 Å². The van der Waals surface area contributed by atoms with Crippen molar-refractivity contribution < 1.29 is 19.1 Å². The number of ether oxygens (including phenoxy) is 2. The molecule has 0 unspecified atom stereocenters. The molecule has 7 nitrogen and oxygen atoms in total. The van der Waals surface area contributed by atoms with Gasteiger partial charge in [-0.05, 0) is 56.3 Å². The monoisotopic (exact) mass is 379 g/mol. The summed E-state index contributed by atoms with van der Waals surface area (Å²) in [5, 5.41) is 6.92. The highest BCUT2D eigenvalue weighted by atomic mass is 16.5. The number of nitrogens with one attached hydrogen (secondary N) is 1. The van der Waals surface area contributed by atoms with Gasteiger partial charge in [-0.1, -0.05) is 6.07 Å². The predicted molar refractivity (Wildman–Crippen MR) is 105 cm³/mol. The van der Waals surface area contributed by atoms with E-state index < -0.39 is 18.0 Å². The lowest BCUT2D eigenvalue weighted by Gasteiger charge is -2.14. The zero-order chi connectivity index (χ0) is 20.1. The number of rotatable bonds is 6. The number of benzene rings is 2. The number of nitrogens with zero attached hydrogens (tertiary/aromatic N) is 2. The van der Waals surface area contributed by atoms with Crippen LogP contribution in [0.15, 0.2) is 60.8 Å². The van der Waals surface area contributed by atoms with E-state index in [0.717, 1.165) is 11.4 Å². The largest absolute Gasteiger partial charge is 0.497 e. The summed E-state index contributed by atoms with van der Waals surface area (Å²) < 4.78 is 12.2. The minimum Gasteiger partial charge on any atom is -0.497 e. The summed E-state index contributed by atoms with van der Waals surface area (Å²) in [6, 6.07) is 15.7. The van der Waals surface area contributed by atoms with E-state index in [0.29, 0.717) is 17.0 Å². The van der Waals surface area contributed by atoms with Crippen molar-refractivity contribution in [3.05, 3.63) is 72.1 Å². The summed E-state index contributed by atoms with van der Waals surface area (Å²) in [7, 11) is 1.55. The summed E-state index contributed by atoms with van der Waals surface area (Å²) >= 11 is 0. The molecule has 0 spiro atoms. The van der Waals surface area contributed by atoms with Crippen LogP contribution in [-0.2, 0) is 9.53 Å². The minimum absolute atomic E-state index is 0.356. The molecular weight excluding hydrogens is 358 g/mol. The molecule has 0 aliphatic carbocycles. The van der Waals surface area contributed by atoms with Crippen LogP contribution in [0.4, 0.5) is 5.69 Å². The number of methoxy groups -OCH3 is 1. The number of amides is 1. The Hall–Kier alpha value is -3.61. The van der Waals surface area contributed by atoms with Gasteiger partial charge in [0.1, 0.15) is 5.75 Å². The highest BCUT2D eigenvalue weighted by Gasteiger charge is 2.19. The Kier molecular flexibility index (Phi) is 5.74. The van der Waals surface area contributed by atoms with E-state index in [4.69, 9.17) is 9.47 Å². The zero-order valence-electron chi connectivity index (χ0n) is 15.9. The number of anilines is 1. The molecule has 144 valence electrons. The number of aryl methyl sites for hydroxylation is 1. The van der Waals surface area contributed by atoms with Gasteiger partial charge in [0.25, 0.3) is 5.91 Å². The third-order valence-electron chi connectivity index (χ3n) is 4.17. The average molecular weight is 379 g/mol. The quantitative estimate of drug-likeness (QED) is 0.664. The number of carbonyl (C=O) groups is 2. The molecule has 0 saturated heterocycles. The Morgan fingerprint density at radius 3 is 2.50 bits per heavy atom. The molecule has 1 N–H and O–H groups in total. The maximum Gasteiger partial charge on any atom is 0.338 e. The van der Waals surface area contributed by atoms with E-state index in [1.54, 1.807) is 66.5 Å². The first-order valence-corrected chi connectivity index (χ1v) is 8.75. The van der Waals surface area contributed by atoms with Crippen molar-refractivity contribution in [2.24, 2.45) is 0 Å². The van der Waals surface area contributed by atoms with Gasteiger partial charge in [-0.15, -0.1) is 0 Å². The number of aromatic nitrogens is 2. The summed E-state index contributed by atoms with van der Waals surface area (Å²) in [5.74, 6) is -0.377. The van der Waals surface area contributed by atoms with Crippen LogP contribution in [0.1, 0.15) is 23.0 Å². The van der Waals surface area contributed by atoms with Crippen LogP contribution in [0.5, 0.6) is 5.75 Å². The van der Waals surface area contributed by atoms with Gasteiger partial charge in [0.05, 0.1) is 18.4 Å². The van der Waals surface area contributed by atoms with E-state index in [-0.39, 0.29) is 0 Å². The lowest BCUT2D eigenvalue weighted by molar-refractivity contribution is -0.123. The highest BCUT2D eigenvalue weighted by molar-refractivity contribution is 5.97. The third kappa shape index (κ3) is 4.37. The fraction of sp³-hybridized carbons (Fsp3) is 0.190. The van der Waals surface area contributed by atoms with E-state index in [1.165, 1.54) is 6.92 Å². The van der Waals surface area contributed by atoms with Crippen LogP contribution in [0.2, 0.25) is 0 Å². The van der Waals surface area contributed by atoms with Crippen LogP contribution in [-0.4, -0.2) is 34.9 Å². The minimum atomic E-state index is -0.952. The first-order valence-electron chi connectivity index (χ1n) is 8.75. The number of esters is 1. The number of hydrogen-bond acceptors (Lipinski definition) is 5. The van der Waals surface area contributed by atoms with E-state index in [9.17, 15) is 9.59 Å². The third-order valence-corrected chi connectivity index (χ3v) is 4.17. The van der Waals surface area contributed by atoms with E-state index in [1.807, 2.05) is 13.0 Å². The molecule has 0 fully saturated rings. The molecule has 0 saturated carbocycles. The first-order chi connectivity index (χ1) is 13.5. The summed E-state index contributed by atoms with van der Waals surface area (Å²) in [6.07, 6.45) is 0.756. The lowest BCUT2D eigenvalue weighted by atomic mass is 10.2. The molecule has 1 aromatic heterocycles. The average Bonchev–Trinajstić information content (AvgIpc) is 3.14. The second kappa shape index (κ2) is 8.39. The Labute approximate surface area is 162 Å². The molecule has 28 heavy (non-hydrogen) atoms. The molecule has 0 aliphatic heterocycles. The topological polar surface area (TPSA) is 82.5 Å². The van der Waals surface area contributed by atoms with Gasteiger partial charge in [0, 0.05) is 23.6 Å². The van der Waals surface area contributed by atoms with Gasteiger partial charge < -0.3 is 14.8 Å². The standard InChI is InChI=1S/C21H21N3O4/c1-14-11-12-22-24(14)18-9-7-16(8-10-18)21(26)28-15(2)20(25)23-17-5-4-6-19(13-17)27-3/h4-13,15H,1-3H3,(H,23,25)/t15-/m0/s1. The van der Waals surface area contributed by atoms with Crippen molar-refractivity contribution in [1.82, 2.24) is 9.78 Å². The molecule has 3 aromatic rings. The van der Waals surface area contributed by atoms with Crippen LogP contribution >= 0.6 is 0 Å². The molecule has 0 radical (unpaired) electrons. The molecule has 1 heterocycles. The Morgan fingerprint density at radius 2 is 1.86 bits per heavy atom. The van der Waals surface area contributed by atoms with Gasteiger partial charge in [0.15, 0.2) is 6.10 Å². The Morgan fingerprint density at radius 1 is 1.11 bits per heavy atom. The SMILES string of the molecule is COc1cccc(NC(=O)[C@H](C)OC(=O)c2ccc(-n3nccc3C)cc2)c1. The predicted octanol–water partition coefficient (Wildman–Crippen LogP) is 3.37. The molecule has 2 aromatic carbocycles. The van der Waals surface area contributed by atoms with Crippen molar-refractivity contribution in [3.63, 3.8) is 0 Å². The second-order valence-electron chi connectivity index (χ2n) is 6.20. The highest BCUT2D eigenvalue weighted by Crippen LogP contribution is 2.17. The van der Waals surface area contributed by atoms with Gasteiger partial charge >= 0.3 is 5.97 Å². The first kappa shape index (κ1) is 19.2. The van der Waals surface area contributed by atoms with Crippen LogP contribution < -0.4 is 10.1 Å². The maximum absolute atomic E-state index is 12.3. The molecule has 0 aliphatic rings. The van der Waals surface area contributed by atoms with E-state index in [2.05, 4.69) is 10.4 Å². The fourth-order valence-corrected chi connectivity index (χ4v) is 2.61. The summed E-state index contributed by atoms with van der Waals surface area (Å²) in [5.41, 5.74) is 2.74.